The molecule has 0 aliphatic rings. The van der Waals surface area contributed by atoms with Gasteiger partial charge >= 0.3 is 0 Å². The largest absolute Gasteiger partial charge is 0.382 e. The average molecular weight is 217 g/mol. The Morgan fingerprint density at radius 3 is 2.94 bits per heavy atom. The van der Waals surface area contributed by atoms with E-state index in [9.17, 15) is 0 Å². The second-order valence-electron chi connectivity index (χ2n) is 3.79. The van der Waals surface area contributed by atoms with Gasteiger partial charge in [-0.05, 0) is 12.1 Å². The SMILES string of the molecule is CN(Cc1cnn(C)c1)c1cccnc1N. The molecule has 0 bridgehead atoms. The van der Waals surface area contributed by atoms with Crippen molar-refractivity contribution in [1.29, 1.82) is 0 Å². The van der Waals surface area contributed by atoms with Crippen molar-refractivity contribution < 1.29 is 0 Å². The van der Waals surface area contributed by atoms with Gasteiger partial charge in [0, 0.05) is 38.6 Å². The fourth-order valence-corrected chi connectivity index (χ4v) is 1.64. The smallest absolute Gasteiger partial charge is 0.146 e. The van der Waals surface area contributed by atoms with Crippen molar-refractivity contribution in [3.8, 4) is 0 Å². The molecule has 5 heteroatoms. The molecule has 0 spiro atoms. The lowest BCUT2D eigenvalue weighted by Gasteiger charge is -2.19. The molecular weight excluding hydrogens is 202 g/mol. The zero-order valence-electron chi connectivity index (χ0n) is 9.46. The maximum atomic E-state index is 5.81. The van der Waals surface area contributed by atoms with E-state index in [4.69, 9.17) is 5.73 Å². The second kappa shape index (κ2) is 4.22. The van der Waals surface area contributed by atoms with Gasteiger partial charge in [-0.15, -0.1) is 0 Å². The van der Waals surface area contributed by atoms with Crippen molar-refractivity contribution in [2.45, 2.75) is 6.54 Å². The summed E-state index contributed by atoms with van der Waals surface area (Å²) in [5, 5.41) is 4.13. The maximum absolute atomic E-state index is 5.81. The topological polar surface area (TPSA) is 60.0 Å². The van der Waals surface area contributed by atoms with Crippen LogP contribution in [0.2, 0.25) is 0 Å². The number of hydrogen-bond donors (Lipinski definition) is 1. The Morgan fingerprint density at radius 1 is 1.50 bits per heavy atom. The number of aryl methyl sites for hydroxylation is 1. The summed E-state index contributed by atoms with van der Waals surface area (Å²) in [7, 11) is 3.89. The minimum Gasteiger partial charge on any atom is -0.382 e. The third-order valence-corrected chi connectivity index (χ3v) is 2.41. The third-order valence-electron chi connectivity index (χ3n) is 2.41. The molecule has 0 atom stereocenters. The summed E-state index contributed by atoms with van der Waals surface area (Å²) >= 11 is 0. The normalized spacial score (nSPS) is 10.4. The number of nitrogens with two attached hydrogens (primary N) is 1. The van der Waals surface area contributed by atoms with E-state index in [0.29, 0.717) is 5.82 Å². The van der Waals surface area contributed by atoms with Crippen LogP contribution < -0.4 is 10.6 Å². The summed E-state index contributed by atoms with van der Waals surface area (Å²) in [4.78, 5) is 6.12. The third kappa shape index (κ3) is 2.13. The zero-order chi connectivity index (χ0) is 11.5. The van der Waals surface area contributed by atoms with Crippen LogP contribution in [0.3, 0.4) is 0 Å². The molecule has 0 saturated carbocycles. The van der Waals surface area contributed by atoms with E-state index in [1.165, 1.54) is 0 Å². The van der Waals surface area contributed by atoms with Crippen molar-refractivity contribution in [1.82, 2.24) is 14.8 Å². The summed E-state index contributed by atoms with van der Waals surface area (Å²) in [5.74, 6) is 0.550. The van der Waals surface area contributed by atoms with Crippen LogP contribution in [-0.2, 0) is 13.6 Å². The van der Waals surface area contributed by atoms with Crippen molar-refractivity contribution in [2.75, 3.05) is 17.7 Å². The second-order valence-corrected chi connectivity index (χ2v) is 3.79. The average Bonchev–Trinajstić information content (AvgIpc) is 2.64. The molecule has 84 valence electrons. The lowest BCUT2D eigenvalue weighted by Crippen LogP contribution is -2.17. The van der Waals surface area contributed by atoms with Gasteiger partial charge in [-0.3, -0.25) is 4.68 Å². The van der Waals surface area contributed by atoms with Gasteiger partial charge in [0.2, 0.25) is 0 Å². The summed E-state index contributed by atoms with van der Waals surface area (Å²) in [6.45, 7) is 0.768. The molecule has 2 aromatic rings. The molecule has 2 N–H and O–H groups in total. The highest BCUT2D eigenvalue weighted by molar-refractivity contribution is 5.62. The van der Waals surface area contributed by atoms with Crippen molar-refractivity contribution >= 4 is 11.5 Å². The van der Waals surface area contributed by atoms with E-state index in [1.807, 2.05) is 38.6 Å². The monoisotopic (exact) mass is 217 g/mol. The first kappa shape index (κ1) is 10.5. The van der Waals surface area contributed by atoms with E-state index >= 15 is 0 Å². The minimum atomic E-state index is 0.550. The number of rotatable bonds is 3. The molecule has 0 saturated heterocycles. The van der Waals surface area contributed by atoms with E-state index in [0.717, 1.165) is 17.8 Å². The van der Waals surface area contributed by atoms with Gasteiger partial charge in [0.1, 0.15) is 5.82 Å². The number of pyridine rings is 1. The highest BCUT2D eigenvalue weighted by Crippen LogP contribution is 2.20. The Labute approximate surface area is 94.5 Å². The summed E-state index contributed by atoms with van der Waals surface area (Å²) in [6, 6.07) is 3.84. The van der Waals surface area contributed by atoms with Gasteiger partial charge in [-0.1, -0.05) is 0 Å². The van der Waals surface area contributed by atoms with E-state index in [2.05, 4.69) is 15.0 Å². The number of anilines is 2. The Kier molecular flexibility index (Phi) is 2.76. The lowest BCUT2D eigenvalue weighted by atomic mass is 10.3. The molecule has 0 aliphatic heterocycles. The highest BCUT2D eigenvalue weighted by atomic mass is 15.2. The summed E-state index contributed by atoms with van der Waals surface area (Å²) in [5.41, 5.74) is 7.89. The fourth-order valence-electron chi connectivity index (χ4n) is 1.64. The first-order valence-electron chi connectivity index (χ1n) is 5.06. The van der Waals surface area contributed by atoms with Crippen LogP contribution in [0, 0.1) is 0 Å². The van der Waals surface area contributed by atoms with Gasteiger partial charge in [0.05, 0.1) is 11.9 Å². The van der Waals surface area contributed by atoms with E-state index in [-0.39, 0.29) is 0 Å². The van der Waals surface area contributed by atoms with Gasteiger partial charge in [-0.2, -0.15) is 5.10 Å². The molecule has 0 aliphatic carbocycles. The summed E-state index contributed by atoms with van der Waals surface area (Å²) < 4.78 is 1.79. The van der Waals surface area contributed by atoms with Crippen LogP contribution in [0.25, 0.3) is 0 Å². The molecular formula is C11H15N5. The lowest BCUT2D eigenvalue weighted by molar-refractivity contribution is 0.766. The van der Waals surface area contributed by atoms with Gasteiger partial charge < -0.3 is 10.6 Å². The summed E-state index contributed by atoms with van der Waals surface area (Å²) in [6.07, 6.45) is 5.53. The molecule has 0 radical (unpaired) electrons. The van der Waals surface area contributed by atoms with E-state index in [1.54, 1.807) is 10.9 Å². The van der Waals surface area contributed by atoms with Crippen LogP contribution in [0.15, 0.2) is 30.7 Å². The van der Waals surface area contributed by atoms with Gasteiger partial charge in [-0.25, -0.2) is 4.98 Å². The first-order valence-corrected chi connectivity index (χ1v) is 5.06. The van der Waals surface area contributed by atoms with E-state index < -0.39 is 0 Å². The number of nitrogen functional groups attached to an aromatic ring is 1. The van der Waals surface area contributed by atoms with Gasteiger partial charge in [0.15, 0.2) is 0 Å². The predicted molar refractivity (Wildman–Crippen MR) is 64.0 cm³/mol. The Morgan fingerprint density at radius 2 is 2.31 bits per heavy atom. The Balaban J connectivity index is 2.14. The molecule has 0 amide bonds. The maximum Gasteiger partial charge on any atom is 0.146 e. The molecule has 2 aromatic heterocycles. The van der Waals surface area contributed by atoms with Crippen LogP contribution >= 0.6 is 0 Å². The van der Waals surface area contributed by atoms with Crippen LogP contribution in [0.5, 0.6) is 0 Å². The van der Waals surface area contributed by atoms with Crippen LogP contribution in [-0.4, -0.2) is 21.8 Å². The predicted octanol–water partition coefficient (Wildman–Crippen LogP) is 1.03. The van der Waals surface area contributed by atoms with Crippen molar-refractivity contribution in [3.05, 3.63) is 36.3 Å². The number of hydrogen-bond acceptors (Lipinski definition) is 4. The molecule has 2 heterocycles. The Hall–Kier alpha value is -2.04. The molecule has 0 aromatic carbocycles. The standard InChI is InChI=1S/C11H15N5/c1-15(7-9-6-14-16(2)8-9)10-4-3-5-13-11(10)12/h3-6,8H,7H2,1-2H3,(H2,12,13). The fraction of sp³-hybridized carbons (Fsp3) is 0.273. The van der Waals surface area contributed by atoms with Crippen molar-refractivity contribution in [2.24, 2.45) is 7.05 Å². The number of aromatic nitrogens is 3. The highest BCUT2D eigenvalue weighted by Gasteiger charge is 2.06. The zero-order valence-corrected chi connectivity index (χ0v) is 9.46. The van der Waals surface area contributed by atoms with Crippen LogP contribution in [0.1, 0.15) is 5.56 Å². The van der Waals surface area contributed by atoms with Crippen molar-refractivity contribution in [3.63, 3.8) is 0 Å². The van der Waals surface area contributed by atoms with Crippen LogP contribution in [0.4, 0.5) is 11.5 Å². The molecule has 0 unspecified atom stereocenters. The number of nitrogens with zero attached hydrogens (tertiary/aromatic N) is 4. The quantitative estimate of drug-likeness (QED) is 0.834. The minimum absolute atomic E-state index is 0.550. The molecule has 5 nitrogen and oxygen atoms in total. The Bertz CT molecular complexity index is 477. The van der Waals surface area contributed by atoms with Gasteiger partial charge in [0.25, 0.3) is 0 Å². The molecule has 16 heavy (non-hydrogen) atoms. The first-order chi connectivity index (χ1) is 7.66. The molecule has 2 rings (SSSR count). The molecule has 0 fully saturated rings.